The van der Waals surface area contributed by atoms with Gasteiger partial charge in [0.05, 0.1) is 5.92 Å². The Kier molecular flexibility index (Phi) is 5.64. The third kappa shape index (κ3) is 3.71. The van der Waals surface area contributed by atoms with Crippen LogP contribution in [0.1, 0.15) is 53.4 Å². The normalized spacial score (nSPS) is 26.2. The van der Waals surface area contributed by atoms with E-state index in [1.807, 2.05) is 0 Å². The number of rotatable bonds is 6. The Morgan fingerprint density at radius 3 is 2.22 bits per heavy atom. The molecule has 1 heterocycles. The van der Waals surface area contributed by atoms with Crippen molar-refractivity contribution in [2.24, 2.45) is 17.3 Å². The summed E-state index contributed by atoms with van der Waals surface area (Å²) in [5.41, 5.74) is 0.375. The second-order valence-corrected chi connectivity index (χ2v) is 6.13. The molecule has 0 aromatic rings. The molecule has 1 fully saturated rings. The van der Waals surface area contributed by atoms with Gasteiger partial charge in [0.25, 0.3) is 0 Å². The van der Waals surface area contributed by atoms with Gasteiger partial charge in [-0.15, -0.1) is 0 Å². The molecule has 18 heavy (non-hydrogen) atoms. The number of carboxylic acids is 1. The summed E-state index contributed by atoms with van der Waals surface area (Å²) < 4.78 is 0. The van der Waals surface area contributed by atoms with Crippen LogP contribution in [0.15, 0.2) is 0 Å². The molecule has 1 saturated heterocycles. The first-order valence-electron chi connectivity index (χ1n) is 7.41. The maximum atomic E-state index is 11.2. The summed E-state index contributed by atoms with van der Waals surface area (Å²) in [4.78, 5) is 13.6. The topological polar surface area (TPSA) is 40.5 Å². The van der Waals surface area contributed by atoms with Gasteiger partial charge in [0.1, 0.15) is 0 Å². The Morgan fingerprint density at radius 1 is 1.22 bits per heavy atom. The second kappa shape index (κ2) is 6.55. The first kappa shape index (κ1) is 15.5. The highest BCUT2D eigenvalue weighted by Gasteiger charge is 2.33. The van der Waals surface area contributed by atoms with E-state index in [0.29, 0.717) is 11.3 Å². The Labute approximate surface area is 112 Å². The van der Waals surface area contributed by atoms with E-state index in [-0.39, 0.29) is 5.92 Å². The fraction of sp³-hybridized carbons (Fsp3) is 0.933. The van der Waals surface area contributed by atoms with Gasteiger partial charge in [0.2, 0.25) is 0 Å². The molecule has 1 aliphatic rings. The van der Waals surface area contributed by atoms with Crippen molar-refractivity contribution in [3.05, 3.63) is 0 Å². The van der Waals surface area contributed by atoms with Gasteiger partial charge in [-0.1, -0.05) is 27.7 Å². The molecular formula is C15H29NO2. The van der Waals surface area contributed by atoms with E-state index in [0.717, 1.165) is 26.1 Å². The van der Waals surface area contributed by atoms with Gasteiger partial charge >= 0.3 is 5.97 Å². The summed E-state index contributed by atoms with van der Waals surface area (Å²) in [5.74, 6) is -0.290. The van der Waals surface area contributed by atoms with Crippen molar-refractivity contribution >= 4 is 5.97 Å². The predicted octanol–water partition coefficient (Wildman–Crippen LogP) is 3.25. The van der Waals surface area contributed by atoms with Crippen LogP contribution >= 0.6 is 0 Å². The molecule has 1 N–H and O–H groups in total. The third-order valence-corrected chi connectivity index (χ3v) is 4.89. The summed E-state index contributed by atoms with van der Waals surface area (Å²) in [6.07, 6.45) is 4.39. The van der Waals surface area contributed by atoms with Gasteiger partial charge in [0, 0.05) is 19.6 Å². The van der Waals surface area contributed by atoms with Gasteiger partial charge in [-0.2, -0.15) is 0 Å². The lowest BCUT2D eigenvalue weighted by molar-refractivity contribution is -0.144. The van der Waals surface area contributed by atoms with Gasteiger partial charge in [0.15, 0.2) is 0 Å². The van der Waals surface area contributed by atoms with E-state index in [4.69, 9.17) is 0 Å². The largest absolute Gasteiger partial charge is 0.481 e. The Bertz CT molecular complexity index is 265. The summed E-state index contributed by atoms with van der Waals surface area (Å²) >= 11 is 0. The smallest absolute Gasteiger partial charge is 0.307 e. The molecule has 0 bridgehead atoms. The molecule has 3 nitrogen and oxygen atoms in total. The van der Waals surface area contributed by atoms with Crippen molar-refractivity contribution in [3.63, 3.8) is 0 Å². The number of aliphatic carboxylic acids is 1. The SMILES string of the molecule is CCC(CC)(CC)CN1CC(C)CC(C(=O)O)C1. The monoisotopic (exact) mass is 255 g/mol. The van der Waals surface area contributed by atoms with Crippen LogP contribution < -0.4 is 0 Å². The molecule has 2 unspecified atom stereocenters. The molecule has 0 spiro atoms. The third-order valence-electron chi connectivity index (χ3n) is 4.89. The zero-order chi connectivity index (χ0) is 13.8. The fourth-order valence-electron chi connectivity index (χ4n) is 3.33. The molecule has 0 aliphatic carbocycles. The summed E-state index contributed by atoms with van der Waals surface area (Å²) in [7, 11) is 0. The average molecular weight is 255 g/mol. The zero-order valence-corrected chi connectivity index (χ0v) is 12.4. The lowest BCUT2D eigenvalue weighted by atomic mass is 9.78. The van der Waals surface area contributed by atoms with Crippen molar-refractivity contribution in [1.29, 1.82) is 0 Å². The minimum Gasteiger partial charge on any atom is -0.481 e. The van der Waals surface area contributed by atoms with Crippen LogP contribution in [0.4, 0.5) is 0 Å². The Morgan fingerprint density at radius 2 is 1.78 bits per heavy atom. The molecule has 0 saturated carbocycles. The van der Waals surface area contributed by atoms with E-state index in [1.165, 1.54) is 19.3 Å². The Hall–Kier alpha value is -0.570. The predicted molar refractivity (Wildman–Crippen MR) is 74.7 cm³/mol. The minimum absolute atomic E-state index is 0.169. The first-order valence-corrected chi connectivity index (χ1v) is 7.41. The number of carboxylic acid groups (broad SMARTS) is 1. The number of piperidine rings is 1. The van der Waals surface area contributed by atoms with E-state index in [2.05, 4.69) is 32.6 Å². The van der Waals surface area contributed by atoms with E-state index < -0.39 is 5.97 Å². The van der Waals surface area contributed by atoms with Crippen molar-refractivity contribution in [3.8, 4) is 0 Å². The van der Waals surface area contributed by atoms with E-state index in [1.54, 1.807) is 0 Å². The van der Waals surface area contributed by atoms with Gasteiger partial charge in [-0.05, 0) is 37.0 Å². The maximum absolute atomic E-state index is 11.2. The van der Waals surface area contributed by atoms with Crippen LogP contribution in [0, 0.1) is 17.3 Å². The number of nitrogens with zero attached hydrogens (tertiary/aromatic N) is 1. The van der Waals surface area contributed by atoms with Gasteiger partial charge in [-0.25, -0.2) is 0 Å². The average Bonchev–Trinajstić information content (AvgIpc) is 2.35. The molecular weight excluding hydrogens is 226 g/mol. The number of hydrogen-bond donors (Lipinski definition) is 1. The summed E-state index contributed by atoms with van der Waals surface area (Å²) in [6, 6.07) is 0. The first-order chi connectivity index (χ1) is 8.46. The lowest BCUT2D eigenvalue weighted by Crippen LogP contribution is -2.47. The quantitative estimate of drug-likeness (QED) is 0.792. The minimum atomic E-state index is -0.623. The van der Waals surface area contributed by atoms with Gasteiger partial charge < -0.3 is 10.0 Å². The molecule has 0 amide bonds. The molecule has 106 valence electrons. The molecule has 0 radical (unpaired) electrons. The number of likely N-dealkylation sites (tertiary alicyclic amines) is 1. The highest BCUT2D eigenvalue weighted by molar-refractivity contribution is 5.70. The van der Waals surface area contributed by atoms with Crippen LogP contribution in [0.3, 0.4) is 0 Å². The lowest BCUT2D eigenvalue weighted by Gasteiger charge is -2.41. The summed E-state index contributed by atoms with van der Waals surface area (Å²) in [6.45, 7) is 11.8. The van der Waals surface area contributed by atoms with Crippen molar-refractivity contribution in [1.82, 2.24) is 4.90 Å². The standard InChI is InChI=1S/C15H29NO2/c1-5-15(6-2,7-3)11-16-9-12(4)8-13(10-16)14(17)18/h12-13H,5-11H2,1-4H3,(H,17,18). The number of carbonyl (C=O) groups is 1. The van der Waals surface area contributed by atoms with Crippen molar-refractivity contribution < 1.29 is 9.90 Å². The van der Waals surface area contributed by atoms with Crippen molar-refractivity contribution in [2.75, 3.05) is 19.6 Å². The van der Waals surface area contributed by atoms with Gasteiger partial charge in [-0.3, -0.25) is 4.79 Å². The second-order valence-electron chi connectivity index (χ2n) is 6.13. The van der Waals surface area contributed by atoms with E-state index in [9.17, 15) is 9.90 Å². The summed E-state index contributed by atoms with van der Waals surface area (Å²) in [5, 5.41) is 9.22. The maximum Gasteiger partial charge on any atom is 0.307 e. The zero-order valence-electron chi connectivity index (χ0n) is 12.4. The molecule has 3 heteroatoms. The fourth-order valence-corrected chi connectivity index (χ4v) is 3.33. The molecule has 0 aromatic heterocycles. The van der Waals surface area contributed by atoms with Crippen LogP contribution in [-0.4, -0.2) is 35.6 Å². The molecule has 1 rings (SSSR count). The molecule has 1 aliphatic heterocycles. The van der Waals surface area contributed by atoms with Crippen LogP contribution in [0.2, 0.25) is 0 Å². The highest BCUT2D eigenvalue weighted by atomic mass is 16.4. The highest BCUT2D eigenvalue weighted by Crippen LogP contribution is 2.33. The number of hydrogen-bond acceptors (Lipinski definition) is 2. The Balaban J connectivity index is 2.67. The molecule has 0 aromatic carbocycles. The molecule has 2 atom stereocenters. The van der Waals surface area contributed by atoms with Crippen LogP contribution in [0.5, 0.6) is 0 Å². The van der Waals surface area contributed by atoms with Crippen LogP contribution in [0.25, 0.3) is 0 Å². The van der Waals surface area contributed by atoms with Crippen LogP contribution in [-0.2, 0) is 4.79 Å². The van der Waals surface area contributed by atoms with Crippen molar-refractivity contribution in [2.45, 2.75) is 53.4 Å². The van der Waals surface area contributed by atoms with E-state index >= 15 is 0 Å².